The Hall–Kier alpha value is -1.36. The van der Waals surface area contributed by atoms with Gasteiger partial charge in [-0.2, -0.15) is 0 Å². The van der Waals surface area contributed by atoms with Crippen molar-refractivity contribution in [3.05, 3.63) is 17.7 Å². The fraction of sp³-hybridized carbons (Fsp3) is 0.364. The number of carboxylic acids is 1. The first-order valence-corrected chi connectivity index (χ1v) is 5.45. The van der Waals surface area contributed by atoms with Crippen LogP contribution in [0.15, 0.2) is 17.0 Å². The summed E-state index contributed by atoms with van der Waals surface area (Å²) in [7, 11) is 0. The normalized spacial score (nSPS) is 13.8. The maximum Gasteiger partial charge on any atom is 0.341 e. The van der Waals surface area contributed by atoms with Gasteiger partial charge >= 0.3 is 5.97 Å². The second kappa shape index (κ2) is 4.65. The van der Waals surface area contributed by atoms with E-state index >= 15 is 0 Å². The largest absolute Gasteiger partial charge is 0.492 e. The monoisotopic (exact) mass is 240 g/mol. The van der Waals surface area contributed by atoms with E-state index in [0.717, 1.165) is 29.1 Å². The number of thiol groups is 1. The van der Waals surface area contributed by atoms with Crippen LogP contribution in [0, 0.1) is 0 Å². The zero-order valence-corrected chi connectivity index (χ0v) is 9.50. The van der Waals surface area contributed by atoms with Gasteiger partial charge in [0.05, 0.1) is 6.61 Å². The zero-order valence-electron chi connectivity index (χ0n) is 8.60. The number of fused-ring (bicyclic) bond motifs is 1. The van der Waals surface area contributed by atoms with Crippen LogP contribution in [-0.2, 0) is 11.2 Å². The molecule has 0 saturated heterocycles. The van der Waals surface area contributed by atoms with Crippen LogP contribution in [0.2, 0.25) is 0 Å². The average molecular weight is 240 g/mol. The highest BCUT2D eigenvalue weighted by atomic mass is 32.1. The number of benzene rings is 1. The lowest BCUT2D eigenvalue weighted by molar-refractivity contribution is -0.139. The molecule has 0 saturated carbocycles. The number of hydrogen-bond donors (Lipinski definition) is 2. The molecule has 4 nitrogen and oxygen atoms in total. The minimum atomic E-state index is -0.986. The number of carbonyl (C=O) groups is 1. The molecule has 1 N–H and O–H groups in total. The smallest absolute Gasteiger partial charge is 0.341 e. The van der Waals surface area contributed by atoms with Gasteiger partial charge in [-0.15, -0.1) is 12.6 Å². The highest BCUT2D eigenvalue weighted by molar-refractivity contribution is 7.80. The summed E-state index contributed by atoms with van der Waals surface area (Å²) < 4.78 is 10.7. The van der Waals surface area contributed by atoms with Crippen molar-refractivity contribution in [1.29, 1.82) is 0 Å². The van der Waals surface area contributed by atoms with Gasteiger partial charge in [0.15, 0.2) is 6.61 Å². The molecule has 0 amide bonds. The molecule has 1 aliphatic heterocycles. The van der Waals surface area contributed by atoms with Crippen molar-refractivity contribution in [2.45, 2.75) is 17.7 Å². The van der Waals surface area contributed by atoms with Crippen LogP contribution in [-0.4, -0.2) is 24.3 Å². The number of carboxylic acid groups (broad SMARTS) is 1. The van der Waals surface area contributed by atoms with Crippen molar-refractivity contribution in [2.75, 3.05) is 13.2 Å². The van der Waals surface area contributed by atoms with Gasteiger partial charge in [0, 0.05) is 10.5 Å². The van der Waals surface area contributed by atoms with Gasteiger partial charge in [0.2, 0.25) is 0 Å². The minimum Gasteiger partial charge on any atom is -0.492 e. The molecule has 0 aromatic heterocycles. The molecule has 16 heavy (non-hydrogen) atoms. The van der Waals surface area contributed by atoms with E-state index in [-0.39, 0.29) is 6.61 Å². The van der Waals surface area contributed by atoms with E-state index in [1.54, 1.807) is 12.1 Å². The summed E-state index contributed by atoms with van der Waals surface area (Å²) in [4.78, 5) is 11.2. The van der Waals surface area contributed by atoms with Crippen molar-refractivity contribution < 1.29 is 19.4 Å². The molecule has 0 aliphatic carbocycles. The maximum atomic E-state index is 10.4. The zero-order chi connectivity index (χ0) is 11.5. The Morgan fingerprint density at radius 1 is 1.56 bits per heavy atom. The number of hydrogen-bond acceptors (Lipinski definition) is 4. The van der Waals surface area contributed by atoms with Crippen molar-refractivity contribution in [2.24, 2.45) is 0 Å². The topological polar surface area (TPSA) is 55.8 Å². The van der Waals surface area contributed by atoms with Gasteiger partial charge in [0.1, 0.15) is 11.5 Å². The first kappa shape index (κ1) is 11.1. The predicted octanol–water partition coefficient (Wildman–Crippen LogP) is 1.76. The SMILES string of the molecule is O=C(O)COc1ccc(S)c2c1CCCO2. The van der Waals surface area contributed by atoms with Crippen LogP contribution >= 0.6 is 12.6 Å². The van der Waals surface area contributed by atoms with Crippen molar-refractivity contribution in [3.8, 4) is 11.5 Å². The Bertz CT molecular complexity index is 417. The van der Waals surface area contributed by atoms with Crippen LogP contribution in [0.1, 0.15) is 12.0 Å². The highest BCUT2D eigenvalue weighted by Crippen LogP contribution is 2.37. The number of ether oxygens (including phenoxy) is 2. The molecule has 0 spiro atoms. The maximum absolute atomic E-state index is 10.4. The summed E-state index contributed by atoms with van der Waals surface area (Å²) in [5.41, 5.74) is 0.917. The van der Waals surface area contributed by atoms with Crippen molar-refractivity contribution in [1.82, 2.24) is 0 Å². The molecule has 2 rings (SSSR count). The molecule has 0 atom stereocenters. The van der Waals surface area contributed by atoms with Gasteiger partial charge < -0.3 is 14.6 Å². The van der Waals surface area contributed by atoms with E-state index in [0.29, 0.717) is 12.4 Å². The van der Waals surface area contributed by atoms with Gasteiger partial charge in [-0.1, -0.05) is 0 Å². The summed E-state index contributed by atoms with van der Waals surface area (Å²) >= 11 is 4.29. The molecule has 0 radical (unpaired) electrons. The van der Waals surface area contributed by atoms with E-state index in [2.05, 4.69) is 12.6 Å². The van der Waals surface area contributed by atoms with Gasteiger partial charge in [-0.3, -0.25) is 0 Å². The van der Waals surface area contributed by atoms with E-state index in [1.807, 2.05) is 0 Å². The third-order valence-corrected chi connectivity index (χ3v) is 2.72. The van der Waals surface area contributed by atoms with Crippen LogP contribution < -0.4 is 9.47 Å². The standard InChI is InChI=1S/C11H12O4S/c12-10(13)6-15-8-3-4-9(16)11-7(8)2-1-5-14-11/h3-4,16H,1-2,5-6H2,(H,12,13). The van der Waals surface area contributed by atoms with Gasteiger partial charge in [-0.05, 0) is 25.0 Å². The summed E-state index contributed by atoms with van der Waals surface area (Å²) in [6.45, 7) is 0.335. The van der Waals surface area contributed by atoms with Crippen LogP contribution in [0.3, 0.4) is 0 Å². The Balaban J connectivity index is 2.28. The molecule has 86 valence electrons. The molecule has 0 fully saturated rings. The molecule has 0 unspecified atom stereocenters. The Morgan fingerprint density at radius 2 is 2.38 bits per heavy atom. The molecule has 0 bridgehead atoms. The van der Waals surface area contributed by atoms with E-state index in [4.69, 9.17) is 14.6 Å². The lowest BCUT2D eigenvalue weighted by Crippen LogP contribution is -2.14. The average Bonchev–Trinajstić information content (AvgIpc) is 2.28. The summed E-state index contributed by atoms with van der Waals surface area (Å²) in [6, 6.07) is 3.49. The van der Waals surface area contributed by atoms with Crippen LogP contribution in [0.25, 0.3) is 0 Å². The third-order valence-electron chi connectivity index (χ3n) is 2.37. The summed E-state index contributed by atoms with van der Waals surface area (Å²) in [6.07, 6.45) is 1.74. The van der Waals surface area contributed by atoms with Crippen LogP contribution in [0.5, 0.6) is 11.5 Å². The third kappa shape index (κ3) is 2.24. The highest BCUT2D eigenvalue weighted by Gasteiger charge is 2.18. The Labute approximate surface area is 98.6 Å². The quantitative estimate of drug-likeness (QED) is 0.790. The van der Waals surface area contributed by atoms with Crippen LogP contribution in [0.4, 0.5) is 0 Å². The molecular weight excluding hydrogens is 228 g/mol. The Kier molecular flexibility index (Phi) is 3.24. The predicted molar refractivity (Wildman–Crippen MR) is 60.6 cm³/mol. The van der Waals surface area contributed by atoms with Crippen molar-refractivity contribution in [3.63, 3.8) is 0 Å². The van der Waals surface area contributed by atoms with E-state index in [9.17, 15) is 4.79 Å². The first-order valence-electron chi connectivity index (χ1n) is 5.00. The molecule has 1 heterocycles. The molecule has 5 heteroatoms. The fourth-order valence-corrected chi connectivity index (χ4v) is 1.97. The first-order chi connectivity index (χ1) is 7.68. The Morgan fingerprint density at radius 3 is 3.12 bits per heavy atom. The summed E-state index contributed by atoms with van der Waals surface area (Å²) in [5.74, 6) is 0.313. The van der Waals surface area contributed by atoms with E-state index in [1.165, 1.54) is 0 Å². The second-order valence-electron chi connectivity index (χ2n) is 3.52. The molecule has 1 aromatic carbocycles. The number of rotatable bonds is 3. The van der Waals surface area contributed by atoms with Gasteiger partial charge in [-0.25, -0.2) is 4.79 Å². The molecule has 1 aliphatic rings. The summed E-state index contributed by atoms with van der Waals surface area (Å²) in [5, 5.41) is 8.56. The second-order valence-corrected chi connectivity index (χ2v) is 4.01. The fourth-order valence-electron chi connectivity index (χ4n) is 1.69. The minimum absolute atomic E-state index is 0.335. The molecule has 1 aromatic rings. The van der Waals surface area contributed by atoms with Crippen molar-refractivity contribution >= 4 is 18.6 Å². The lowest BCUT2D eigenvalue weighted by atomic mass is 10.1. The van der Waals surface area contributed by atoms with Gasteiger partial charge in [0.25, 0.3) is 0 Å². The number of aliphatic carboxylic acids is 1. The van der Waals surface area contributed by atoms with E-state index < -0.39 is 5.97 Å². The molecular formula is C11H12O4S. The lowest BCUT2D eigenvalue weighted by Gasteiger charge is -2.21.